The average Bonchev–Trinajstić information content (AvgIpc) is 3.29. The molecule has 0 spiro atoms. The molecule has 140 valence electrons. The van der Waals surface area contributed by atoms with Crippen LogP contribution in [0.1, 0.15) is 70.5 Å². The van der Waals surface area contributed by atoms with Crippen molar-refractivity contribution in [1.29, 1.82) is 0 Å². The molecule has 0 atom stereocenters. The molecule has 5 nitrogen and oxygen atoms in total. The summed E-state index contributed by atoms with van der Waals surface area (Å²) < 4.78 is 0. The highest BCUT2D eigenvalue weighted by Gasteiger charge is 2.25. The zero-order valence-electron chi connectivity index (χ0n) is 15.7. The Hall–Kier alpha value is -1.04. The number of hydrogen-bond donors (Lipinski definition) is 1. The minimum atomic E-state index is 0.196. The first kappa shape index (κ1) is 18.7. The summed E-state index contributed by atoms with van der Waals surface area (Å²) in [6.45, 7) is 2.31. The first-order valence-corrected chi connectivity index (χ1v) is 10.9. The maximum atomic E-state index is 12.4. The van der Waals surface area contributed by atoms with Gasteiger partial charge in [0.05, 0.1) is 5.75 Å². The van der Waals surface area contributed by atoms with E-state index in [1.54, 1.807) is 0 Å². The van der Waals surface area contributed by atoms with Crippen molar-refractivity contribution in [2.24, 2.45) is 11.8 Å². The molecule has 0 aromatic carbocycles. The van der Waals surface area contributed by atoms with Gasteiger partial charge in [0.25, 0.3) is 0 Å². The number of carbonyl (C=O) groups is 1. The summed E-state index contributed by atoms with van der Waals surface area (Å²) in [5, 5.41) is 8.02. The standard InChI is InChI=1S/C19H32N4OS/c1-14-7-10-16(11-8-14)23(2)18(24)13-25-19-20-17(21-22-19)12-9-15-5-3-4-6-15/h14-16H,3-13H2,1-2H3,(H,20,21,22). The van der Waals surface area contributed by atoms with Gasteiger partial charge in [-0.25, -0.2) is 4.98 Å². The minimum absolute atomic E-state index is 0.196. The second-order valence-corrected chi connectivity index (χ2v) is 8.90. The molecule has 0 saturated heterocycles. The van der Waals surface area contributed by atoms with E-state index in [-0.39, 0.29) is 5.91 Å². The number of nitrogens with one attached hydrogen (secondary N) is 1. The van der Waals surface area contributed by atoms with Crippen LogP contribution in [0.25, 0.3) is 0 Å². The number of H-pyrrole nitrogens is 1. The van der Waals surface area contributed by atoms with E-state index in [1.165, 1.54) is 56.7 Å². The molecule has 1 heterocycles. The van der Waals surface area contributed by atoms with Crippen LogP contribution < -0.4 is 0 Å². The predicted octanol–water partition coefficient (Wildman–Crippen LogP) is 4.06. The number of thioether (sulfide) groups is 1. The fourth-order valence-electron chi connectivity index (χ4n) is 4.16. The molecule has 3 rings (SSSR count). The fraction of sp³-hybridized carbons (Fsp3) is 0.842. The SMILES string of the molecule is CC1CCC(N(C)C(=O)CSc2n[nH]c(CCC3CCCC3)n2)CC1. The van der Waals surface area contributed by atoms with Crippen molar-refractivity contribution in [3.8, 4) is 0 Å². The molecule has 1 aromatic rings. The van der Waals surface area contributed by atoms with E-state index in [0.717, 1.165) is 36.9 Å². The molecule has 25 heavy (non-hydrogen) atoms. The van der Waals surface area contributed by atoms with Crippen molar-refractivity contribution in [2.45, 2.75) is 82.3 Å². The summed E-state index contributed by atoms with van der Waals surface area (Å²) in [5.74, 6) is 3.28. The highest BCUT2D eigenvalue weighted by atomic mass is 32.2. The van der Waals surface area contributed by atoms with Gasteiger partial charge >= 0.3 is 0 Å². The molecule has 0 bridgehead atoms. The number of aromatic amines is 1. The number of amides is 1. The van der Waals surface area contributed by atoms with Crippen LogP contribution in [-0.2, 0) is 11.2 Å². The number of nitrogens with zero attached hydrogens (tertiary/aromatic N) is 3. The smallest absolute Gasteiger partial charge is 0.233 e. The molecule has 2 aliphatic rings. The van der Waals surface area contributed by atoms with Crippen molar-refractivity contribution < 1.29 is 4.79 Å². The lowest BCUT2D eigenvalue weighted by Gasteiger charge is -2.33. The average molecular weight is 365 g/mol. The van der Waals surface area contributed by atoms with Crippen molar-refractivity contribution in [3.63, 3.8) is 0 Å². The molecule has 0 radical (unpaired) electrons. The number of rotatable bonds is 7. The summed E-state index contributed by atoms with van der Waals surface area (Å²) in [4.78, 5) is 18.9. The molecule has 6 heteroatoms. The Morgan fingerprint density at radius 3 is 2.64 bits per heavy atom. The lowest BCUT2D eigenvalue weighted by atomic mass is 9.87. The zero-order valence-corrected chi connectivity index (χ0v) is 16.5. The van der Waals surface area contributed by atoms with Gasteiger partial charge in [-0.05, 0) is 43.9 Å². The van der Waals surface area contributed by atoms with Crippen molar-refractivity contribution >= 4 is 17.7 Å². The Labute approximate surface area is 155 Å². The van der Waals surface area contributed by atoms with Crippen molar-refractivity contribution in [2.75, 3.05) is 12.8 Å². The first-order valence-electron chi connectivity index (χ1n) is 9.91. The maximum absolute atomic E-state index is 12.4. The quantitative estimate of drug-likeness (QED) is 0.741. The van der Waals surface area contributed by atoms with Gasteiger partial charge in [-0.2, -0.15) is 0 Å². The molecular formula is C19H32N4OS. The zero-order chi connectivity index (χ0) is 17.6. The van der Waals surface area contributed by atoms with Gasteiger partial charge in [-0.15, -0.1) is 5.10 Å². The van der Waals surface area contributed by atoms with E-state index in [9.17, 15) is 4.79 Å². The summed E-state index contributed by atoms with van der Waals surface area (Å²) in [6, 6.07) is 0.415. The van der Waals surface area contributed by atoms with E-state index in [1.807, 2.05) is 11.9 Å². The van der Waals surface area contributed by atoms with Gasteiger partial charge in [0, 0.05) is 19.5 Å². The molecular weight excluding hydrogens is 332 g/mol. The maximum Gasteiger partial charge on any atom is 0.233 e. The van der Waals surface area contributed by atoms with Gasteiger partial charge in [0.2, 0.25) is 11.1 Å². The molecule has 0 aliphatic heterocycles. The van der Waals surface area contributed by atoms with Gasteiger partial charge in [0.1, 0.15) is 5.82 Å². The van der Waals surface area contributed by atoms with E-state index in [2.05, 4.69) is 22.1 Å². The number of hydrogen-bond acceptors (Lipinski definition) is 4. The van der Waals surface area contributed by atoms with Crippen molar-refractivity contribution in [1.82, 2.24) is 20.1 Å². The third-order valence-corrected chi connectivity index (χ3v) is 6.86. The van der Waals surface area contributed by atoms with Crippen LogP contribution in [0.15, 0.2) is 5.16 Å². The van der Waals surface area contributed by atoms with E-state index < -0.39 is 0 Å². The fourth-order valence-corrected chi connectivity index (χ4v) is 4.90. The van der Waals surface area contributed by atoms with Crippen molar-refractivity contribution in [3.05, 3.63) is 5.82 Å². The summed E-state index contributed by atoms with van der Waals surface area (Å²) in [6.07, 6.45) is 12.5. The summed E-state index contributed by atoms with van der Waals surface area (Å²) >= 11 is 1.46. The minimum Gasteiger partial charge on any atom is -0.342 e. The topological polar surface area (TPSA) is 61.9 Å². The van der Waals surface area contributed by atoms with E-state index in [0.29, 0.717) is 17.0 Å². The second kappa shape index (κ2) is 9.06. The van der Waals surface area contributed by atoms with Crippen LogP contribution in [0.4, 0.5) is 0 Å². The van der Waals surface area contributed by atoms with Crippen LogP contribution in [0.3, 0.4) is 0 Å². The molecule has 2 aliphatic carbocycles. The summed E-state index contributed by atoms with van der Waals surface area (Å²) in [7, 11) is 1.95. The Kier molecular flexibility index (Phi) is 6.79. The largest absolute Gasteiger partial charge is 0.342 e. The van der Waals surface area contributed by atoms with Crippen LogP contribution >= 0.6 is 11.8 Å². The van der Waals surface area contributed by atoms with Gasteiger partial charge < -0.3 is 4.90 Å². The molecule has 1 aromatic heterocycles. The first-order chi connectivity index (χ1) is 12.1. The van der Waals surface area contributed by atoms with Gasteiger partial charge in [0.15, 0.2) is 0 Å². The number of aromatic nitrogens is 3. The predicted molar refractivity (Wildman–Crippen MR) is 102 cm³/mol. The lowest BCUT2D eigenvalue weighted by molar-refractivity contribution is -0.129. The molecule has 2 saturated carbocycles. The molecule has 0 unspecified atom stereocenters. The summed E-state index contributed by atoms with van der Waals surface area (Å²) in [5.41, 5.74) is 0. The number of carbonyl (C=O) groups excluding carboxylic acids is 1. The second-order valence-electron chi connectivity index (χ2n) is 7.96. The van der Waals surface area contributed by atoms with Gasteiger partial charge in [-0.1, -0.05) is 44.4 Å². The Morgan fingerprint density at radius 2 is 1.92 bits per heavy atom. The van der Waals surface area contributed by atoms with Gasteiger partial charge in [-0.3, -0.25) is 9.89 Å². The van der Waals surface area contributed by atoms with Crippen LogP contribution in [-0.4, -0.2) is 44.8 Å². The Balaban J connectivity index is 1.39. The monoisotopic (exact) mass is 364 g/mol. The molecule has 1 N–H and O–H groups in total. The van der Waals surface area contributed by atoms with Crippen LogP contribution in [0.5, 0.6) is 0 Å². The lowest BCUT2D eigenvalue weighted by Crippen LogP contribution is -2.40. The normalized spacial score (nSPS) is 24.6. The van der Waals surface area contributed by atoms with E-state index >= 15 is 0 Å². The molecule has 1 amide bonds. The van der Waals surface area contributed by atoms with E-state index in [4.69, 9.17) is 0 Å². The number of aryl methyl sites for hydroxylation is 1. The Morgan fingerprint density at radius 1 is 1.20 bits per heavy atom. The molecule has 2 fully saturated rings. The third-order valence-electron chi connectivity index (χ3n) is 6.03. The van der Waals surface area contributed by atoms with Crippen LogP contribution in [0, 0.1) is 11.8 Å². The third kappa shape index (κ3) is 5.47. The highest BCUT2D eigenvalue weighted by Crippen LogP contribution is 2.29. The highest BCUT2D eigenvalue weighted by molar-refractivity contribution is 7.99. The Bertz CT molecular complexity index is 547. The van der Waals surface area contributed by atoms with Crippen LogP contribution in [0.2, 0.25) is 0 Å².